The van der Waals surface area contributed by atoms with Gasteiger partial charge in [0, 0.05) is 21.8 Å². The summed E-state index contributed by atoms with van der Waals surface area (Å²) in [6.45, 7) is 5.75. The van der Waals surface area contributed by atoms with Crippen molar-refractivity contribution in [1.29, 1.82) is 5.41 Å². The summed E-state index contributed by atoms with van der Waals surface area (Å²) in [4.78, 5) is 12.7. The number of carbonyl (C=O) groups excluding carboxylic acids is 1. The Morgan fingerprint density at radius 3 is 2.57 bits per heavy atom. The summed E-state index contributed by atoms with van der Waals surface area (Å²) in [6, 6.07) is 8.98. The SMILES string of the molecule is C=CCOc1c(Cl)cc(Cl)cc1C(Nc1ccc(C(=N)N)cc1)C(=O)OCC. The molecule has 28 heavy (non-hydrogen) atoms. The van der Waals surface area contributed by atoms with Gasteiger partial charge in [0.25, 0.3) is 0 Å². The molecule has 148 valence electrons. The first-order valence-corrected chi connectivity index (χ1v) is 9.23. The number of nitrogen functional groups attached to an aromatic ring is 1. The van der Waals surface area contributed by atoms with Crippen LogP contribution >= 0.6 is 23.2 Å². The highest BCUT2D eigenvalue weighted by Gasteiger charge is 2.27. The minimum atomic E-state index is -0.917. The van der Waals surface area contributed by atoms with Gasteiger partial charge < -0.3 is 20.5 Å². The van der Waals surface area contributed by atoms with Gasteiger partial charge in [-0.3, -0.25) is 5.41 Å². The lowest BCUT2D eigenvalue weighted by Gasteiger charge is -2.22. The van der Waals surface area contributed by atoms with Crippen molar-refractivity contribution in [3.05, 3.63) is 70.2 Å². The number of hydrogen-bond donors (Lipinski definition) is 3. The number of hydrogen-bond acceptors (Lipinski definition) is 5. The average molecular weight is 422 g/mol. The van der Waals surface area contributed by atoms with E-state index in [1.807, 2.05) is 0 Å². The van der Waals surface area contributed by atoms with Gasteiger partial charge in [-0.2, -0.15) is 0 Å². The van der Waals surface area contributed by atoms with E-state index in [0.29, 0.717) is 27.6 Å². The van der Waals surface area contributed by atoms with Gasteiger partial charge in [-0.1, -0.05) is 35.9 Å². The van der Waals surface area contributed by atoms with Crippen LogP contribution in [-0.4, -0.2) is 25.0 Å². The number of ether oxygens (including phenoxy) is 2. The van der Waals surface area contributed by atoms with Crippen molar-refractivity contribution in [3.8, 4) is 5.75 Å². The van der Waals surface area contributed by atoms with E-state index in [0.717, 1.165) is 0 Å². The van der Waals surface area contributed by atoms with E-state index < -0.39 is 12.0 Å². The van der Waals surface area contributed by atoms with E-state index in [9.17, 15) is 4.79 Å². The number of anilines is 1. The van der Waals surface area contributed by atoms with Crippen LogP contribution in [0.3, 0.4) is 0 Å². The van der Waals surface area contributed by atoms with Gasteiger partial charge in [0.05, 0.1) is 11.6 Å². The lowest BCUT2D eigenvalue weighted by molar-refractivity contribution is -0.144. The molecule has 8 heteroatoms. The van der Waals surface area contributed by atoms with Gasteiger partial charge >= 0.3 is 5.97 Å². The predicted octanol–water partition coefficient (Wildman–Crippen LogP) is 4.56. The summed E-state index contributed by atoms with van der Waals surface area (Å²) in [6.07, 6.45) is 1.57. The number of rotatable bonds is 9. The van der Waals surface area contributed by atoms with Crippen LogP contribution in [0.5, 0.6) is 5.75 Å². The van der Waals surface area contributed by atoms with Gasteiger partial charge in [0.2, 0.25) is 0 Å². The molecule has 0 aromatic heterocycles. The summed E-state index contributed by atoms with van der Waals surface area (Å²) in [5, 5.41) is 11.2. The maximum absolute atomic E-state index is 12.7. The highest BCUT2D eigenvalue weighted by Crippen LogP contribution is 2.38. The van der Waals surface area contributed by atoms with Crippen LogP contribution in [0.2, 0.25) is 10.0 Å². The first-order chi connectivity index (χ1) is 13.4. The summed E-state index contributed by atoms with van der Waals surface area (Å²) in [5.74, 6) is -0.243. The number of amidine groups is 1. The summed E-state index contributed by atoms with van der Waals surface area (Å²) >= 11 is 12.5. The second kappa shape index (κ2) is 10.0. The molecule has 0 aliphatic carbocycles. The Labute approximate surface area is 173 Å². The fourth-order valence-electron chi connectivity index (χ4n) is 2.49. The summed E-state index contributed by atoms with van der Waals surface area (Å²) < 4.78 is 10.9. The number of benzene rings is 2. The second-order valence-corrected chi connectivity index (χ2v) is 6.57. The molecule has 2 rings (SSSR count). The third-order valence-electron chi connectivity index (χ3n) is 3.72. The van der Waals surface area contributed by atoms with Crippen molar-refractivity contribution in [2.75, 3.05) is 18.5 Å². The smallest absolute Gasteiger partial charge is 0.333 e. The Kier molecular flexibility index (Phi) is 7.72. The third-order valence-corrected chi connectivity index (χ3v) is 4.22. The number of esters is 1. The monoisotopic (exact) mass is 421 g/mol. The van der Waals surface area contributed by atoms with Crippen LogP contribution in [0.25, 0.3) is 0 Å². The zero-order valence-electron chi connectivity index (χ0n) is 15.3. The molecule has 0 saturated carbocycles. The fourth-order valence-corrected chi connectivity index (χ4v) is 3.05. The second-order valence-electron chi connectivity index (χ2n) is 5.73. The normalized spacial score (nSPS) is 11.4. The highest BCUT2D eigenvalue weighted by atomic mass is 35.5. The van der Waals surface area contributed by atoms with E-state index in [1.54, 1.807) is 43.3 Å². The zero-order valence-corrected chi connectivity index (χ0v) is 16.8. The molecule has 2 aromatic rings. The fraction of sp³-hybridized carbons (Fsp3) is 0.200. The molecule has 0 radical (unpaired) electrons. The van der Waals surface area contributed by atoms with E-state index in [2.05, 4.69) is 11.9 Å². The first kappa shape index (κ1) is 21.6. The van der Waals surface area contributed by atoms with Gasteiger partial charge in [-0.15, -0.1) is 0 Å². The van der Waals surface area contributed by atoms with Crippen molar-refractivity contribution in [3.63, 3.8) is 0 Å². The molecule has 0 spiro atoms. The maximum atomic E-state index is 12.7. The first-order valence-electron chi connectivity index (χ1n) is 8.47. The van der Waals surface area contributed by atoms with Gasteiger partial charge in [-0.25, -0.2) is 4.79 Å². The van der Waals surface area contributed by atoms with Crippen molar-refractivity contribution in [1.82, 2.24) is 0 Å². The van der Waals surface area contributed by atoms with Gasteiger partial charge in [-0.05, 0) is 43.3 Å². The Morgan fingerprint density at radius 1 is 1.32 bits per heavy atom. The van der Waals surface area contributed by atoms with Crippen LogP contribution in [0.1, 0.15) is 24.1 Å². The Balaban J connectivity index is 2.47. The van der Waals surface area contributed by atoms with Gasteiger partial charge in [0.1, 0.15) is 18.2 Å². The highest BCUT2D eigenvalue weighted by molar-refractivity contribution is 6.35. The number of nitrogens with one attached hydrogen (secondary N) is 2. The average Bonchev–Trinajstić information content (AvgIpc) is 2.65. The third kappa shape index (κ3) is 5.41. The summed E-state index contributed by atoms with van der Waals surface area (Å²) in [5.41, 5.74) is 7.10. The number of halogens is 2. The Bertz CT molecular complexity index is 870. The van der Waals surface area contributed by atoms with Crippen LogP contribution in [0.15, 0.2) is 49.1 Å². The van der Waals surface area contributed by atoms with Crippen LogP contribution in [-0.2, 0) is 9.53 Å². The van der Waals surface area contributed by atoms with Crippen molar-refractivity contribution < 1.29 is 14.3 Å². The van der Waals surface area contributed by atoms with Crippen LogP contribution in [0.4, 0.5) is 5.69 Å². The minimum Gasteiger partial charge on any atom is -0.488 e. The largest absolute Gasteiger partial charge is 0.488 e. The minimum absolute atomic E-state index is 0.0461. The topological polar surface area (TPSA) is 97.4 Å². The van der Waals surface area contributed by atoms with E-state index in [-0.39, 0.29) is 24.1 Å². The number of nitrogens with two attached hydrogens (primary N) is 1. The lowest BCUT2D eigenvalue weighted by atomic mass is 10.0. The van der Waals surface area contributed by atoms with Gasteiger partial charge in [0.15, 0.2) is 6.04 Å². The Morgan fingerprint density at radius 2 is 2.00 bits per heavy atom. The molecule has 2 aromatic carbocycles. The van der Waals surface area contributed by atoms with Crippen LogP contribution < -0.4 is 15.8 Å². The molecule has 6 nitrogen and oxygen atoms in total. The zero-order chi connectivity index (χ0) is 20.7. The molecule has 0 amide bonds. The Hall–Kier alpha value is -2.70. The molecule has 0 heterocycles. The molecule has 4 N–H and O–H groups in total. The molecular formula is C20H21Cl2N3O3. The number of carbonyl (C=O) groups is 1. The van der Waals surface area contributed by atoms with Crippen molar-refractivity contribution in [2.45, 2.75) is 13.0 Å². The molecule has 1 atom stereocenters. The predicted molar refractivity (Wildman–Crippen MR) is 113 cm³/mol. The molecule has 0 fully saturated rings. The maximum Gasteiger partial charge on any atom is 0.333 e. The standard InChI is InChI=1S/C20H21Cl2N3O3/c1-3-9-28-18-15(10-13(21)11-16(18)22)17(20(26)27-4-2)25-14-7-5-12(6-8-14)19(23)24/h3,5-8,10-11,17,25H,1,4,9H2,2H3,(H3,23,24). The van der Waals surface area contributed by atoms with Crippen LogP contribution in [0, 0.1) is 5.41 Å². The summed E-state index contributed by atoms with van der Waals surface area (Å²) in [7, 11) is 0. The lowest BCUT2D eigenvalue weighted by Crippen LogP contribution is -2.24. The van der Waals surface area contributed by atoms with Crippen molar-refractivity contribution >= 4 is 40.7 Å². The van der Waals surface area contributed by atoms with E-state index >= 15 is 0 Å². The molecule has 0 bridgehead atoms. The van der Waals surface area contributed by atoms with E-state index in [1.165, 1.54) is 6.07 Å². The quantitative estimate of drug-likeness (QED) is 0.238. The van der Waals surface area contributed by atoms with Crippen molar-refractivity contribution in [2.24, 2.45) is 5.73 Å². The molecular weight excluding hydrogens is 401 g/mol. The molecule has 1 unspecified atom stereocenters. The molecule has 0 saturated heterocycles. The molecule has 0 aliphatic heterocycles. The molecule has 0 aliphatic rings. The van der Waals surface area contributed by atoms with E-state index in [4.69, 9.17) is 43.8 Å².